The minimum absolute atomic E-state index is 0.0634. The molecule has 1 aliphatic heterocycles. The number of esters is 1. The van der Waals surface area contributed by atoms with E-state index in [1.807, 2.05) is 0 Å². The van der Waals surface area contributed by atoms with E-state index in [4.69, 9.17) is 14.2 Å². The summed E-state index contributed by atoms with van der Waals surface area (Å²) in [5.41, 5.74) is 0. The maximum absolute atomic E-state index is 13.2. The molecule has 0 aromatic rings. The Balaban J connectivity index is 1.09. The predicted octanol–water partition coefficient (Wildman–Crippen LogP) is 5.69. The van der Waals surface area contributed by atoms with E-state index in [0.29, 0.717) is 19.1 Å². The van der Waals surface area contributed by atoms with E-state index in [-0.39, 0.29) is 23.8 Å². The molecule has 0 radical (unpaired) electrons. The lowest BCUT2D eigenvalue weighted by Crippen LogP contribution is -2.45. The number of carbonyl (C=O) groups is 1. The molecular weight excluding hydrogens is 400 g/mol. The van der Waals surface area contributed by atoms with Gasteiger partial charge in [-0.2, -0.15) is 0 Å². The van der Waals surface area contributed by atoms with Gasteiger partial charge in [0.15, 0.2) is 5.79 Å². The maximum atomic E-state index is 13.2. The van der Waals surface area contributed by atoms with Crippen LogP contribution in [0.4, 0.5) is 0 Å². The third-order valence-electron chi connectivity index (χ3n) is 10.9. The monoisotopic (exact) mass is 444 g/mol. The smallest absolute Gasteiger partial charge is 0.309 e. The molecule has 4 heteroatoms. The molecule has 10 atom stereocenters. The van der Waals surface area contributed by atoms with E-state index in [9.17, 15) is 4.79 Å². The molecule has 0 N–H and O–H groups in total. The van der Waals surface area contributed by atoms with Crippen molar-refractivity contribution in [1.82, 2.24) is 0 Å². The largest absolute Gasteiger partial charge is 0.463 e. The zero-order valence-corrected chi connectivity index (χ0v) is 20.6. The first-order valence-electron chi connectivity index (χ1n) is 13.9. The average molecular weight is 445 g/mol. The van der Waals surface area contributed by atoms with Crippen LogP contribution in [0.15, 0.2) is 0 Å². The number of rotatable bonds is 5. The molecule has 0 amide bonds. The Bertz CT molecular complexity index is 725. The van der Waals surface area contributed by atoms with Crippen LogP contribution in [0.25, 0.3) is 0 Å². The molecule has 1 spiro atoms. The van der Waals surface area contributed by atoms with Gasteiger partial charge in [0.25, 0.3) is 0 Å². The van der Waals surface area contributed by atoms with Crippen LogP contribution in [0.3, 0.4) is 0 Å². The molecule has 5 aliphatic carbocycles. The maximum Gasteiger partial charge on any atom is 0.309 e. The van der Waals surface area contributed by atoms with Gasteiger partial charge in [-0.3, -0.25) is 4.79 Å². The van der Waals surface area contributed by atoms with Crippen molar-refractivity contribution in [3.63, 3.8) is 0 Å². The Morgan fingerprint density at radius 3 is 2.28 bits per heavy atom. The molecule has 6 fully saturated rings. The standard InChI is InChI=1S/C28H44O4/c1-15(2)23-21-12-22(24(23)16(3)4)26-19-10-17(25(21)26)11-20(19)27(29)30-13-18-14-31-28(32-18)8-6-5-7-9-28/h15-26H,5-14H2,1-4H3. The number of hydrogen-bond acceptors (Lipinski definition) is 4. The van der Waals surface area contributed by atoms with Gasteiger partial charge in [0, 0.05) is 12.8 Å². The van der Waals surface area contributed by atoms with E-state index >= 15 is 0 Å². The first-order chi connectivity index (χ1) is 15.4. The highest BCUT2D eigenvalue weighted by Crippen LogP contribution is 2.73. The summed E-state index contributed by atoms with van der Waals surface area (Å²) in [6.45, 7) is 10.7. The van der Waals surface area contributed by atoms with Gasteiger partial charge in [-0.15, -0.1) is 0 Å². The SMILES string of the molecule is CC(C)C1C2CC(C1C(C)C)C1C3CC(CC3C(=O)OCC3COC4(CCCCC4)O3)C21. The van der Waals surface area contributed by atoms with Crippen molar-refractivity contribution in [2.75, 3.05) is 13.2 Å². The minimum atomic E-state index is -0.378. The molecule has 1 saturated heterocycles. The Morgan fingerprint density at radius 2 is 1.59 bits per heavy atom. The number of ether oxygens (including phenoxy) is 3. The van der Waals surface area contributed by atoms with Crippen LogP contribution in [0.5, 0.6) is 0 Å². The van der Waals surface area contributed by atoms with Crippen LogP contribution in [0, 0.1) is 65.1 Å². The third kappa shape index (κ3) is 3.25. The number of fused-ring (bicyclic) bond motifs is 9. The fourth-order valence-electron chi connectivity index (χ4n) is 10.2. The van der Waals surface area contributed by atoms with Crippen molar-refractivity contribution in [3.8, 4) is 0 Å². The van der Waals surface area contributed by atoms with E-state index < -0.39 is 0 Å². The van der Waals surface area contributed by atoms with Gasteiger partial charge in [0.2, 0.25) is 0 Å². The second-order valence-corrected chi connectivity index (χ2v) is 13.0. The van der Waals surface area contributed by atoms with Crippen LogP contribution in [0.1, 0.15) is 79.1 Å². The van der Waals surface area contributed by atoms with E-state index in [1.165, 1.54) is 32.1 Å². The molecule has 4 bridgehead atoms. The Labute approximate surface area is 194 Å². The summed E-state index contributed by atoms with van der Waals surface area (Å²) in [7, 11) is 0. The van der Waals surface area contributed by atoms with Gasteiger partial charge >= 0.3 is 5.97 Å². The summed E-state index contributed by atoms with van der Waals surface area (Å²) in [4.78, 5) is 13.2. The first-order valence-corrected chi connectivity index (χ1v) is 13.9. The highest BCUT2D eigenvalue weighted by atomic mass is 16.8. The topological polar surface area (TPSA) is 44.8 Å². The van der Waals surface area contributed by atoms with Crippen molar-refractivity contribution in [3.05, 3.63) is 0 Å². The molecule has 180 valence electrons. The molecule has 0 aromatic carbocycles. The molecule has 32 heavy (non-hydrogen) atoms. The van der Waals surface area contributed by atoms with Crippen LogP contribution >= 0.6 is 0 Å². The average Bonchev–Trinajstić information content (AvgIpc) is 3.56. The molecule has 6 rings (SSSR count). The molecular formula is C28H44O4. The van der Waals surface area contributed by atoms with Crippen LogP contribution in [-0.2, 0) is 19.0 Å². The predicted molar refractivity (Wildman–Crippen MR) is 123 cm³/mol. The van der Waals surface area contributed by atoms with Gasteiger partial charge < -0.3 is 14.2 Å². The summed E-state index contributed by atoms with van der Waals surface area (Å²) in [5.74, 6) is 7.92. The fraction of sp³-hybridized carbons (Fsp3) is 0.964. The molecule has 6 aliphatic rings. The van der Waals surface area contributed by atoms with E-state index in [0.717, 1.165) is 72.5 Å². The third-order valence-corrected chi connectivity index (χ3v) is 10.9. The van der Waals surface area contributed by atoms with Crippen molar-refractivity contribution < 1.29 is 19.0 Å². The Hall–Kier alpha value is -0.610. The fourth-order valence-corrected chi connectivity index (χ4v) is 10.2. The quantitative estimate of drug-likeness (QED) is 0.404. The van der Waals surface area contributed by atoms with E-state index in [2.05, 4.69) is 27.7 Å². The van der Waals surface area contributed by atoms with Crippen LogP contribution in [-0.4, -0.2) is 31.1 Å². The number of hydrogen-bond donors (Lipinski definition) is 0. The van der Waals surface area contributed by atoms with Crippen LogP contribution in [0.2, 0.25) is 0 Å². The highest BCUT2D eigenvalue weighted by Gasteiger charge is 2.68. The van der Waals surface area contributed by atoms with Crippen LogP contribution < -0.4 is 0 Å². The lowest BCUT2D eigenvalue weighted by Gasteiger charge is -2.47. The van der Waals surface area contributed by atoms with Crippen molar-refractivity contribution >= 4 is 5.97 Å². The second-order valence-electron chi connectivity index (χ2n) is 13.0. The zero-order chi connectivity index (χ0) is 22.2. The van der Waals surface area contributed by atoms with Crippen molar-refractivity contribution in [1.29, 1.82) is 0 Å². The Morgan fingerprint density at radius 1 is 0.906 bits per heavy atom. The summed E-state index contributed by atoms with van der Waals surface area (Å²) >= 11 is 0. The lowest BCUT2D eigenvalue weighted by molar-refractivity contribution is -0.193. The summed E-state index contributed by atoms with van der Waals surface area (Å²) in [6.07, 6.45) is 9.33. The molecule has 10 unspecified atom stereocenters. The van der Waals surface area contributed by atoms with Gasteiger partial charge in [0.05, 0.1) is 12.5 Å². The Kier molecular flexibility index (Phi) is 5.45. The van der Waals surface area contributed by atoms with Gasteiger partial charge in [-0.1, -0.05) is 34.1 Å². The number of carbonyl (C=O) groups excluding carboxylic acids is 1. The molecule has 1 heterocycles. The molecule has 0 aromatic heterocycles. The van der Waals surface area contributed by atoms with E-state index in [1.54, 1.807) is 0 Å². The summed E-state index contributed by atoms with van der Waals surface area (Å²) < 4.78 is 18.2. The van der Waals surface area contributed by atoms with Gasteiger partial charge in [-0.05, 0) is 91.3 Å². The van der Waals surface area contributed by atoms with Crippen molar-refractivity contribution in [2.24, 2.45) is 65.1 Å². The molecule has 4 nitrogen and oxygen atoms in total. The zero-order valence-electron chi connectivity index (χ0n) is 20.6. The van der Waals surface area contributed by atoms with Crippen molar-refractivity contribution in [2.45, 2.75) is 91.0 Å². The summed E-state index contributed by atoms with van der Waals surface area (Å²) in [6, 6.07) is 0. The highest BCUT2D eigenvalue weighted by molar-refractivity contribution is 5.73. The molecule has 5 saturated carbocycles. The minimum Gasteiger partial charge on any atom is -0.463 e. The first kappa shape index (κ1) is 21.9. The second kappa shape index (κ2) is 7.97. The van der Waals surface area contributed by atoms with Gasteiger partial charge in [-0.25, -0.2) is 0 Å². The van der Waals surface area contributed by atoms with Gasteiger partial charge in [0.1, 0.15) is 12.7 Å². The lowest BCUT2D eigenvalue weighted by atomic mass is 9.57. The summed E-state index contributed by atoms with van der Waals surface area (Å²) in [5, 5.41) is 0. The normalized spacial score (nSPS) is 48.3.